The number of nitrogens with zero attached hydrogens (tertiary/aromatic N) is 2. The van der Waals surface area contributed by atoms with Gasteiger partial charge in [0.25, 0.3) is 0 Å². The maximum Gasteiger partial charge on any atom is 0.315 e. The van der Waals surface area contributed by atoms with Crippen LogP contribution in [0.1, 0.15) is 29.1 Å². The van der Waals surface area contributed by atoms with Gasteiger partial charge < -0.3 is 25.0 Å². The van der Waals surface area contributed by atoms with E-state index in [1.165, 1.54) is 12.1 Å². The number of ether oxygens (including phenoxy) is 1. The topological polar surface area (TPSA) is 88.4 Å². The molecular formula is C21H23FN4O3. The lowest BCUT2D eigenvalue weighted by Crippen LogP contribution is -2.40. The van der Waals surface area contributed by atoms with E-state index in [9.17, 15) is 14.3 Å². The number of carbonyl (C=O) groups excluding carboxylic acids is 1. The van der Waals surface area contributed by atoms with Gasteiger partial charge in [-0.2, -0.15) is 0 Å². The van der Waals surface area contributed by atoms with Crippen molar-refractivity contribution >= 4 is 6.03 Å². The molecule has 0 saturated carbocycles. The molecule has 2 unspecified atom stereocenters. The first-order valence-corrected chi connectivity index (χ1v) is 9.07. The summed E-state index contributed by atoms with van der Waals surface area (Å²) in [4.78, 5) is 16.7. The fourth-order valence-electron chi connectivity index (χ4n) is 2.95. The molecule has 8 heteroatoms. The number of amides is 2. The highest BCUT2D eigenvalue weighted by molar-refractivity contribution is 5.75. The van der Waals surface area contributed by atoms with Crippen LogP contribution in [0.15, 0.2) is 60.9 Å². The van der Waals surface area contributed by atoms with Crippen molar-refractivity contribution in [2.24, 2.45) is 7.05 Å². The van der Waals surface area contributed by atoms with Gasteiger partial charge in [0.05, 0.1) is 13.2 Å². The molecule has 3 aromatic rings. The lowest BCUT2D eigenvalue weighted by atomic mass is 10.1. The number of carbonyl (C=O) groups is 1. The lowest BCUT2D eigenvalue weighted by molar-refractivity contribution is 0.172. The Labute approximate surface area is 168 Å². The van der Waals surface area contributed by atoms with Crippen molar-refractivity contribution in [1.29, 1.82) is 0 Å². The molecule has 0 saturated heterocycles. The van der Waals surface area contributed by atoms with E-state index in [1.54, 1.807) is 67.5 Å². The Morgan fingerprint density at radius 1 is 1.24 bits per heavy atom. The molecule has 2 atom stereocenters. The molecule has 0 radical (unpaired) electrons. The van der Waals surface area contributed by atoms with Crippen LogP contribution in [0.2, 0.25) is 0 Å². The van der Waals surface area contributed by atoms with Gasteiger partial charge in [-0.3, -0.25) is 0 Å². The molecule has 0 aliphatic rings. The second-order valence-corrected chi connectivity index (χ2v) is 6.53. The van der Waals surface area contributed by atoms with Gasteiger partial charge in [-0.25, -0.2) is 14.2 Å². The van der Waals surface area contributed by atoms with Crippen molar-refractivity contribution in [3.05, 3.63) is 83.7 Å². The second-order valence-electron chi connectivity index (χ2n) is 6.53. The van der Waals surface area contributed by atoms with E-state index < -0.39 is 24.0 Å². The summed E-state index contributed by atoms with van der Waals surface area (Å²) in [6, 6.07) is 11.8. The molecule has 29 heavy (non-hydrogen) atoms. The molecule has 152 valence electrons. The van der Waals surface area contributed by atoms with E-state index in [0.29, 0.717) is 22.7 Å². The van der Waals surface area contributed by atoms with Crippen LogP contribution in [0, 0.1) is 5.82 Å². The third kappa shape index (κ3) is 5.11. The molecule has 3 N–H and O–H groups in total. The predicted octanol–water partition coefficient (Wildman–Crippen LogP) is 2.69. The average molecular weight is 398 g/mol. The number of benzene rings is 2. The van der Waals surface area contributed by atoms with E-state index >= 15 is 0 Å². The first kappa shape index (κ1) is 20.3. The monoisotopic (exact) mass is 398 g/mol. The summed E-state index contributed by atoms with van der Waals surface area (Å²) in [5, 5.41) is 15.7. The van der Waals surface area contributed by atoms with Crippen LogP contribution in [-0.2, 0) is 7.05 Å². The lowest BCUT2D eigenvalue weighted by Gasteiger charge is -2.20. The highest BCUT2D eigenvalue weighted by atomic mass is 19.1. The Morgan fingerprint density at radius 3 is 2.62 bits per heavy atom. The number of nitrogens with one attached hydrogen (secondary N) is 2. The standard InChI is InChI=1S/C21H23FN4O3/c1-26-11-10-23-20(26)19(15-4-3-5-16(22)12-15)25-21(28)24-13-18(27)14-6-8-17(29-2)9-7-14/h3-12,18-19,27H,13H2,1-2H3,(H2,24,25,28). The molecule has 2 amide bonds. The summed E-state index contributed by atoms with van der Waals surface area (Å²) >= 11 is 0. The zero-order valence-corrected chi connectivity index (χ0v) is 16.2. The first-order chi connectivity index (χ1) is 14.0. The van der Waals surface area contributed by atoms with E-state index in [4.69, 9.17) is 4.74 Å². The summed E-state index contributed by atoms with van der Waals surface area (Å²) in [6.07, 6.45) is 2.47. The summed E-state index contributed by atoms with van der Waals surface area (Å²) in [7, 11) is 3.36. The number of aromatic nitrogens is 2. The Morgan fingerprint density at radius 2 is 2.00 bits per heavy atom. The molecule has 0 fully saturated rings. The van der Waals surface area contributed by atoms with Gasteiger partial charge in [0.15, 0.2) is 0 Å². The number of urea groups is 1. The fourth-order valence-corrected chi connectivity index (χ4v) is 2.95. The molecule has 0 aliphatic heterocycles. The molecule has 2 aromatic carbocycles. The van der Waals surface area contributed by atoms with Crippen molar-refractivity contribution < 1.29 is 19.0 Å². The number of rotatable bonds is 7. The normalized spacial score (nSPS) is 12.8. The number of halogens is 1. The minimum absolute atomic E-state index is 0.00853. The summed E-state index contributed by atoms with van der Waals surface area (Å²) in [5.41, 5.74) is 1.21. The number of imidazole rings is 1. The predicted molar refractivity (Wildman–Crippen MR) is 106 cm³/mol. The van der Waals surface area contributed by atoms with Crippen LogP contribution in [0.3, 0.4) is 0 Å². The first-order valence-electron chi connectivity index (χ1n) is 9.07. The maximum absolute atomic E-state index is 13.7. The summed E-state index contributed by atoms with van der Waals surface area (Å²) < 4.78 is 20.5. The van der Waals surface area contributed by atoms with Gasteiger partial charge in [0.1, 0.15) is 23.4 Å². The number of aryl methyl sites for hydroxylation is 1. The second kappa shape index (κ2) is 9.20. The number of methoxy groups -OCH3 is 1. The number of aliphatic hydroxyl groups excluding tert-OH is 1. The van der Waals surface area contributed by atoms with Crippen LogP contribution in [0.5, 0.6) is 5.75 Å². The molecule has 3 rings (SSSR count). The Bertz CT molecular complexity index is 959. The molecule has 0 bridgehead atoms. The summed E-state index contributed by atoms with van der Waals surface area (Å²) in [5.74, 6) is 0.833. The quantitative estimate of drug-likeness (QED) is 0.571. The van der Waals surface area contributed by atoms with Gasteiger partial charge >= 0.3 is 6.03 Å². The van der Waals surface area contributed by atoms with Crippen molar-refractivity contribution in [2.45, 2.75) is 12.1 Å². The van der Waals surface area contributed by atoms with E-state index in [-0.39, 0.29) is 6.54 Å². The van der Waals surface area contributed by atoms with Crippen LogP contribution >= 0.6 is 0 Å². The maximum atomic E-state index is 13.7. The van der Waals surface area contributed by atoms with Crippen molar-refractivity contribution in [3.8, 4) is 5.75 Å². The number of aliphatic hydroxyl groups is 1. The molecule has 1 aromatic heterocycles. The molecule has 7 nitrogen and oxygen atoms in total. The summed E-state index contributed by atoms with van der Waals surface area (Å²) in [6.45, 7) is 0.00853. The fraction of sp³-hybridized carbons (Fsp3) is 0.238. The van der Waals surface area contributed by atoms with Gasteiger partial charge in [0, 0.05) is 26.0 Å². The minimum atomic E-state index is -0.882. The van der Waals surface area contributed by atoms with Crippen LogP contribution in [0.4, 0.5) is 9.18 Å². The van der Waals surface area contributed by atoms with Crippen LogP contribution in [-0.4, -0.2) is 34.3 Å². The van der Waals surface area contributed by atoms with Crippen molar-refractivity contribution in [3.63, 3.8) is 0 Å². The largest absolute Gasteiger partial charge is 0.497 e. The third-order valence-electron chi connectivity index (χ3n) is 4.53. The van der Waals surface area contributed by atoms with Gasteiger partial charge in [-0.15, -0.1) is 0 Å². The Kier molecular flexibility index (Phi) is 6.46. The zero-order chi connectivity index (χ0) is 20.8. The zero-order valence-electron chi connectivity index (χ0n) is 16.2. The van der Waals surface area contributed by atoms with Crippen molar-refractivity contribution in [1.82, 2.24) is 20.2 Å². The smallest absolute Gasteiger partial charge is 0.315 e. The SMILES string of the molecule is COc1ccc(C(O)CNC(=O)NC(c2cccc(F)c2)c2nccn2C)cc1. The van der Waals surface area contributed by atoms with Crippen LogP contribution in [0.25, 0.3) is 0 Å². The van der Waals surface area contributed by atoms with E-state index in [0.717, 1.165) is 0 Å². The Hall–Kier alpha value is -3.39. The number of hydrogen-bond donors (Lipinski definition) is 3. The Balaban J connectivity index is 1.67. The molecular weight excluding hydrogens is 375 g/mol. The molecule has 0 aliphatic carbocycles. The van der Waals surface area contributed by atoms with Crippen LogP contribution < -0.4 is 15.4 Å². The van der Waals surface area contributed by atoms with E-state index in [1.807, 2.05) is 0 Å². The van der Waals surface area contributed by atoms with E-state index in [2.05, 4.69) is 15.6 Å². The van der Waals surface area contributed by atoms with Gasteiger partial charge in [0.2, 0.25) is 0 Å². The molecule has 0 spiro atoms. The van der Waals surface area contributed by atoms with Crippen molar-refractivity contribution in [2.75, 3.05) is 13.7 Å². The highest BCUT2D eigenvalue weighted by Crippen LogP contribution is 2.21. The molecule has 1 heterocycles. The third-order valence-corrected chi connectivity index (χ3v) is 4.53. The number of hydrogen-bond acceptors (Lipinski definition) is 4. The minimum Gasteiger partial charge on any atom is -0.497 e. The van der Waals surface area contributed by atoms with Gasteiger partial charge in [-0.1, -0.05) is 24.3 Å². The van der Waals surface area contributed by atoms with Gasteiger partial charge in [-0.05, 0) is 35.4 Å². The highest BCUT2D eigenvalue weighted by Gasteiger charge is 2.21. The average Bonchev–Trinajstić information content (AvgIpc) is 3.15.